The number of rotatable bonds is 11. The lowest BCUT2D eigenvalue weighted by molar-refractivity contribution is -0.305. The molecule has 0 heterocycles. The maximum atomic E-state index is 10.4. The molecule has 0 aromatic rings. The van der Waals surface area contributed by atoms with Crippen LogP contribution < -0.4 is 5.11 Å². The second-order valence-electron chi connectivity index (χ2n) is 6.68. The third-order valence-corrected chi connectivity index (χ3v) is 4.74. The van der Waals surface area contributed by atoms with Crippen LogP contribution in [0.3, 0.4) is 0 Å². The smallest absolute Gasteiger partial charge is 0.0721 e. The Morgan fingerprint density at radius 1 is 1.22 bits per heavy atom. The van der Waals surface area contributed by atoms with Crippen molar-refractivity contribution >= 4 is 5.97 Å². The van der Waals surface area contributed by atoms with Crippen LogP contribution in [0.2, 0.25) is 0 Å². The van der Waals surface area contributed by atoms with E-state index in [2.05, 4.69) is 6.92 Å². The van der Waals surface area contributed by atoms with Crippen molar-refractivity contribution in [3.05, 3.63) is 12.2 Å². The average molecular weight is 327 g/mol. The molecule has 0 bridgehead atoms. The van der Waals surface area contributed by atoms with Gasteiger partial charge in [-0.1, -0.05) is 44.8 Å². The summed E-state index contributed by atoms with van der Waals surface area (Å²) in [5.41, 5.74) is 0. The first-order valence-electron chi connectivity index (χ1n) is 8.88. The maximum Gasteiger partial charge on any atom is 0.0721 e. The summed E-state index contributed by atoms with van der Waals surface area (Å²) in [6.07, 6.45) is 8.03. The highest BCUT2D eigenvalue weighted by Gasteiger charge is 2.39. The van der Waals surface area contributed by atoms with Gasteiger partial charge >= 0.3 is 0 Å². The number of hydrogen-bond acceptors (Lipinski definition) is 5. The van der Waals surface area contributed by atoms with Crippen molar-refractivity contribution < 1.29 is 25.2 Å². The van der Waals surface area contributed by atoms with E-state index in [0.29, 0.717) is 32.1 Å². The van der Waals surface area contributed by atoms with Crippen molar-refractivity contribution in [1.29, 1.82) is 0 Å². The van der Waals surface area contributed by atoms with Crippen LogP contribution in [-0.4, -0.2) is 39.6 Å². The first kappa shape index (κ1) is 20.1. The predicted molar refractivity (Wildman–Crippen MR) is 86.4 cm³/mol. The van der Waals surface area contributed by atoms with E-state index in [1.54, 1.807) is 6.08 Å². The van der Waals surface area contributed by atoms with E-state index < -0.39 is 24.3 Å². The molecule has 1 aliphatic carbocycles. The fourth-order valence-corrected chi connectivity index (χ4v) is 3.38. The van der Waals surface area contributed by atoms with E-state index in [1.165, 1.54) is 0 Å². The normalized spacial score (nSPS) is 29.2. The Morgan fingerprint density at radius 2 is 1.96 bits per heavy atom. The van der Waals surface area contributed by atoms with E-state index in [0.717, 1.165) is 19.3 Å². The van der Waals surface area contributed by atoms with Crippen LogP contribution in [-0.2, 0) is 4.79 Å². The number of unbranched alkanes of at least 4 members (excludes halogenated alkanes) is 3. The van der Waals surface area contributed by atoms with E-state index in [-0.39, 0.29) is 18.3 Å². The first-order chi connectivity index (χ1) is 11.0. The molecule has 5 atom stereocenters. The van der Waals surface area contributed by atoms with Gasteiger partial charge in [0.1, 0.15) is 0 Å². The van der Waals surface area contributed by atoms with E-state index in [9.17, 15) is 25.2 Å². The van der Waals surface area contributed by atoms with Crippen molar-refractivity contribution in [2.45, 2.75) is 83.0 Å². The number of carboxylic acid groups (broad SMARTS) is 1. The lowest BCUT2D eigenvalue weighted by Gasteiger charge is -2.21. The van der Waals surface area contributed by atoms with Gasteiger partial charge in [0.25, 0.3) is 0 Å². The Balaban J connectivity index is 2.46. The molecule has 0 aromatic heterocycles. The molecule has 0 amide bonds. The molecule has 1 saturated carbocycles. The van der Waals surface area contributed by atoms with Gasteiger partial charge in [0.2, 0.25) is 0 Å². The fourth-order valence-electron chi connectivity index (χ4n) is 3.38. The van der Waals surface area contributed by atoms with E-state index in [1.807, 2.05) is 6.08 Å². The molecule has 5 heteroatoms. The second-order valence-corrected chi connectivity index (χ2v) is 6.68. The van der Waals surface area contributed by atoms with Gasteiger partial charge in [0.15, 0.2) is 0 Å². The Labute approximate surface area is 139 Å². The maximum absolute atomic E-state index is 10.4. The molecule has 134 valence electrons. The minimum Gasteiger partial charge on any atom is -0.550 e. The molecule has 0 aliphatic heterocycles. The van der Waals surface area contributed by atoms with Crippen molar-refractivity contribution in [1.82, 2.24) is 0 Å². The summed E-state index contributed by atoms with van der Waals surface area (Å²) >= 11 is 0. The van der Waals surface area contributed by atoms with Crippen LogP contribution in [0.4, 0.5) is 0 Å². The number of carbonyl (C=O) groups is 1. The molecule has 1 aliphatic rings. The van der Waals surface area contributed by atoms with Gasteiger partial charge in [-0.05, 0) is 31.6 Å². The topological polar surface area (TPSA) is 101 Å². The van der Waals surface area contributed by atoms with Crippen molar-refractivity contribution in [3.63, 3.8) is 0 Å². The Morgan fingerprint density at radius 3 is 2.61 bits per heavy atom. The van der Waals surface area contributed by atoms with Gasteiger partial charge in [0, 0.05) is 18.3 Å². The predicted octanol–water partition coefficient (Wildman–Crippen LogP) is 1.15. The molecule has 23 heavy (non-hydrogen) atoms. The number of hydrogen-bond donors (Lipinski definition) is 3. The van der Waals surface area contributed by atoms with Gasteiger partial charge in [0.05, 0.1) is 18.3 Å². The summed E-state index contributed by atoms with van der Waals surface area (Å²) in [5, 5.41) is 40.6. The summed E-state index contributed by atoms with van der Waals surface area (Å²) in [6.45, 7) is 2.11. The first-order valence-corrected chi connectivity index (χ1v) is 8.88. The van der Waals surface area contributed by atoms with Crippen LogP contribution >= 0.6 is 0 Å². The molecule has 1 fully saturated rings. The molecule has 1 rings (SSSR count). The Kier molecular flexibility index (Phi) is 9.44. The van der Waals surface area contributed by atoms with Gasteiger partial charge in [-0.25, -0.2) is 0 Å². The summed E-state index contributed by atoms with van der Waals surface area (Å²) in [6, 6.07) is 0. The van der Waals surface area contributed by atoms with E-state index >= 15 is 0 Å². The van der Waals surface area contributed by atoms with Crippen molar-refractivity contribution in [2.75, 3.05) is 0 Å². The fraction of sp³-hybridized carbons (Fsp3) is 0.833. The summed E-state index contributed by atoms with van der Waals surface area (Å²) in [5.74, 6) is -1.30. The Hall–Kier alpha value is -0.910. The van der Waals surface area contributed by atoms with E-state index in [4.69, 9.17) is 0 Å². The van der Waals surface area contributed by atoms with Crippen molar-refractivity contribution in [2.24, 2.45) is 11.8 Å². The quantitative estimate of drug-likeness (QED) is 0.390. The lowest BCUT2D eigenvalue weighted by Crippen LogP contribution is -2.23. The van der Waals surface area contributed by atoms with Crippen molar-refractivity contribution in [3.8, 4) is 0 Å². The van der Waals surface area contributed by atoms with Crippen LogP contribution in [0.25, 0.3) is 0 Å². The Bertz CT molecular complexity index is 368. The van der Waals surface area contributed by atoms with Crippen LogP contribution in [0.15, 0.2) is 12.2 Å². The monoisotopic (exact) mass is 327 g/mol. The number of carboxylic acids is 1. The molecule has 0 radical (unpaired) electrons. The molecular formula is C18H31O5-. The number of aliphatic hydroxyl groups excluding tert-OH is 3. The molecule has 0 spiro atoms. The summed E-state index contributed by atoms with van der Waals surface area (Å²) < 4.78 is 0. The number of carbonyl (C=O) groups excluding carboxylic acids is 1. The van der Waals surface area contributed by atoms with Crippen LogP contribution in [0.1, 0.15) is 64.7 Å². The molecule has 0 aromatic carbocycles. The highest BCUT2D eigenvalue weighted by molar-refractivity contribution is 5.64. The molecular weight excluding hydrogens is 296 g/mol. The zero-order valence-corrected chi connectivity index (χ0v) is 14.1. The largest absolute Gasteiger partial charge is 0.550 e. The second kappa shape index (κ2) is 10.8. The third-order valence-electron chi connectivity index (χ3n) is 4.74. The van der Waals surface area contributed by atoms with Gasteiger partial charge < -0.3 is 25.2 Å². The van der Waals surface area contributed by atoms with Gasteiger partial charge in [-0.3, -0.25) is 0 Å². The SMILES string of the molecule is CCCCC[C@H](O)/C=C/[C@@H]1[C@H](CCCCC(=O)[O-])[C@@H](O)C[C@H]1O. The third kappa shape index (κ3) is 7.46. The zero-order valence-electron chi connectivity index (χ0n) is 14.1. The van der Waals surface area contributed by atoms with Gasteiger partial charge in [-0.2, -0.15) is 0 Å². The summed E-state index contributed by atoms with van der Waals surface area (Å²) in [4.78, 5) is 10.4. The van der Waals surface area contributed by atoms with Crippen LogP contribution in [0, 0.1) is 11.8 Å². The molecule has 3 N–H and O–H groups in total. The van der Waals surface area contributed by atoms with Crippen LogP contribution in [0.5, 0.6) is 0 Å². The summed E-state index contributed by atoms with van der Waals surface area (Å²) in [7, 11) is 0. The van der Waals surface area contributed by atoms with Gasteiger partial charge in [-0.15, -0.1) is 0 Å². The zero-order chi connectivity index (χ0) is 17.2. The highest BCUT2D eigenvalue weighted by atomic mass is 16.4. The standard InChI is InChI=1S/C18H32O5/c1-2-3-4-7-13(19)10-11-15-14(16(20)12-17(15)21)8-5-6-9-18(22)23/h10-11,13-17,19-21H,2-9,12H2,1H3,(H,22,23)/p-1/b11-10+/t13-,14-,15+,16-,17+/m0/s1. The number of aliphatic hydroxyl groups is 3. The lowest BCUT2D eigenvalue weighted by atomic mass is 9.88. The minimum atomic E-state index is -1.05. The molecule has 0 unspecified atom stereocenters. The number of aliphatic carboxylic acids is 1. The molecule has 0 saturated heterocycles. The highest BCUT2D eigenvalue weighted by Crippen LogP contribution is 2.37. The minimum absolute atomic E-state index is 0.0298. The molecule has 5 nitrogen and oxygen atoms in total. The average Bonchev–Trinajstić information content (AvgIpc) is 2.75.